The number of halogens is 3. The van der Waals surface area contributed by atoms with Crippen LogP contribution >= 0.6 is 33.9 Å². The molecule has 0 aliphatic rings. The Labute approximate surface area is 131 Å². The number of carbonyl (C=O) groups excluding carboxylic acids is 1. The van der Waals surface area contributed by atoms with Crippen molar-refractivity contribution in [3.05, 3.63) is 22.2 Å². The lowest BCUT2D eigenvalue weighted by Gasteiger charge is -2.19. The predicted octanol–water partition coefficient (Wildman–Crippen LogP) is 2.78. The molecule has 0 aliphatic heterocycles. The van der Waals surface area contributed by atoms with Gasteiger partial charge in [0.2, 0.25) is 0 Å². The maximum atomic E-state index is 11.7. The summed E-state index contributed by atoms with van der Waals surface area (Å²) in [6, 6.07) is 2.28. The van der Waals surface area contributed by atoms with Crippen molar-refractivity contribution < 1.29 is 17.9 Å². The molecule has 20 heavy (non-hydrogen) atoms. The molecule has 0 saturated heterocycles. The molecule has 0 aromatic heterocycles. The van der Waals surface area contributed by atoms with Crippen LogP contribution in [0.2, 0.25) is 10.0 Å². The molecule has 1 amide bonds. The zero-order valence-corrected chi connectivity index (χ0v) is 13.9. The highest BCUT2D eigenvalue weighted by Gasteiger charge is 2.22. The number of hydrogen-bond acceptors (Lipinski definition) is 4. The Hall–Kier alpha value is -0.690. The first-order valence-electron chi connectivity index (χ1n) is 5.35. The molecule has 0 saturated carbocycles. The monoisotopic (exact) mass is 359 g/mol. The van der Waals surface area contributed by atoms with Gasteiger partial charge in [0, 0.05) is 30.8 Å². The highest BCUT2D eigenvalue weighted by Crippen LogP contribution is 2.35. The number of benzene rings is 1. The van der Waals surface area contributed by atoms with Crippen LogP contribution in [-0.4, -0.2) is 39.4 Å². The molecule has 0 spiro atoms. The Morgan fingerprint density at radius 1 is 1.25 bits per heavy atom. The summed E-state index contributed by atoms with van der Waals surface area (Å²) in [6.45, 7) is 1.54. The number of nitrogens with zero attached hydrogens (tertiary/aromatic N) is 1. The molecule has 1 unspecified atom stereocenters. The molecule has 0 heterocycles. The van der Waals surface area contributed by atoms with E-state index in [1.807, 2.05) is 0 Å². The van der Waals surface area contributed by atoms with Crippen molar-refractivity contribution >= 4 is 48.8 Å². The summed E-state index contributed by atoms with van der Waals surface area (Å²) in [7, 11) is 4.37. The summed E-state index contributed by atoms with van der Waals surface area (Å²) < 4.78 is 27.9. The third kappa shape index (κ3) is 4.15. The summed E-state index contributed by atoms with van der Waals surface area (Å²) in [5.41, 5.74) is 0. The van der Waals surface area contributed by atoms with Gasteiger partial charge >= 0.3 is 0 Å². The van der Waals surface area contributed by atoms with Crippen LogP contribution in [0, 0.1) is 0 Å². The van der Waals surface area contributed by atoms with Crippen LogP contribution in [-0.2, 0) is 13.8 Å². The van der Waals surface area contributed by atoms with Crippen molar-refractivity contribution in [3.8, 4) is 5.75 Å². The van der Waals surface area contributed by atoms with Gasteiger partial charge in [0.25, 0.3) is 15.0 Å². The van der Waals surface area contributed by atoms with Gasteiger partial charge in [-0.15, -0.1) is 0 Å². The fraction of sp³-hybridized carbons (Fsp3) is 0.364. The van der Waals surface area contributed by atoms with E-state index < -0.39 is 15.2 Å². The Bertz CT molecular complexity index is 631. The van der Waals surface area contributed by atoms with Gasteiger partial charge in [-0.1, -0.05) is 23.2 Å². The second-order valence-electron chi connectivity index (χ2n) is 4.14. The minimum absolute atomic E-state index is 0.00738. The van der Waals surface area contributed by atoms with Gasteiger partial charge in [0.05, 0.1) is 10.0 Å². The van der Waals surface area contributed by atoms with Crippen LogP contribution in [0.15, 0.2) is 17.0 Å². The quantitative estimate of drug-likeness (QED) is 0.775. The van der Waals surface area contributed by atoms with Crippen LogP contribution in [0.3, 0.4) is 0 Å². The van der Waals surface area contributed by atoms with E-state index in [1.165, 1.54) is 11.0 Å². The highest BCUT2D eigenvalue weighted by atomic mass is 35.7. The zero-order chi connectivity index (χ0) is 15.7. The van der Waals surface area contributed by atoms with E-state index in [4.69, 9.17) is 38.6 Å². The molecule has 1 aromatic carbocycles. The fourth-order valence-corrected chi connectivity index (χ4v) is 3.18. The minimum atomic E-state index is -4.01. The van der Waals surface area contributed by atoms with E-state index in [-0.39, 0.29) is 26.6 Å². The number of carbonyl (C=O) groups is 1. The Morgan fingerprint density at radius 3 is 2.25 bits per heavy atom. The lowest BCUT2D eigenvalue weighted by molar-refractivity contribution is -0.135. The van der Waals surface area contributed by atoms with Gasteiger partial charge in [-0.25, -0.2) is 8.42 Å². The molecule has 5 nitrogen and oxygen atoms in total. The average Bonchev–Trinajstić information content (AvgIpc) is 2.30. The molecule has 1 aromatic rings. The third-order valence-corrected chi connectivity index (χ3v) is 4.42. The number of amides is 1. The maximum Gasteiger partial charge on any atom is 0.262 e. The predicted molar refractivity (Wildman–Crippen MR) is 78.3 cm³/mol. The number of likely N-dealkylation sites (N-methyl/N-ethyl adjacent to an activating group) is 1. The van der Waals surface area contributed by atoms with Gasteiger partial charge in [0.1, 0.15) is 10.6 Å². The van der Waals surface area contributed by atoms with Crippen molar-refractivity contribution in [2.24, 2.45) is 0 Å². The van der Waals surface area contributed by atoms with Gasteiger partial charge in [0.15, 0.2) is 6.10 Å². The summed E-state index contributed by atoms with van der Waals surface area (Å²) >= 11 is 11.7. The zero-order valence-electron chi connectivity index (χ0n) is 10.9. The van der Waals surface area contributed by atoms with Crippen LogP contribution in [0.4, 0.5) is 0 Å². The second-order valence-corrected chi connectivity index (χ2v) is 7.49. The Balaban J connectivity index is 3.11. The normalized spacial score (nSPS) is 12.9. The third-order valence-electron chi connectivity index (χ3n) is 2.34. The van der Waals surface area contributed by atoms with Crippen molar-refractivity contribution in [1.82, 2.24) is 4.90 Å². The average molecular weight is 361 g/mol. The van der Waals surface area contributed by atoms with Gasteiger partial charge in [-0.2, -0.15) is 0 Å². The van der Waals surface area contributed by atoms with Gasteiger partial charge in [-0.3, -0.25) is 4.79 Å². The molecular weight excluding hydrogens is 349 g/mol. The van der Waals surface area contributed by atoms with E-state index >= 15 is 0 Å². The molecule has 0 N–H and O–H groups in total. The van der Waals surface area contributed by atoms with Crippen molar-refractivity contribution in [2.75, 3.05) is 14.1 Å². The smallest absolute Gasteiger partial charge is 0.262 e. The summed E-state index contributed by atoms with van der Waals surface area (Å²) in [5.74, 6) is -0.172. The first-order chi connectivity index (χ1) is 9.04. The number of rotatable bonds is 4. The van der Waals surface area contributed by atoms with E-state index in [0.29, 0.717) is 0 Å². The van der Waals surface area contributed by atoms with Crippen molar-refractivity contribution in [1.29, 1.82) is 0 Å². The summed E-state index contributed by atoms with van der Waals surface area (Å²) in [4.78, 5) is 12.7. The molecule has 0 bridgehead atoms. The molecule has 112 valence electrons. The summed E-state index contributed by atoms with van der Waals surface area (Å²) in [5, 5.41) is -0.143. The molecule has 0 radical (unpaired) electrons. The van der Waals surface area contributed by atoms with E-state index in [1.54, 1.807) is 21.0 Å². The van der Waals surface area contributed by atoms with E-state index in [9.17, 15) is 13.2 Å². The largest absolute Gasteiger partial charge is 0.479 e. The summed E-state index contributed by atoms with van der Waals surface area (Å²) in [6.07, 6.45) is -0.794. The number of ether oxygens (including phenoxy) is 1. The molecule has 1 rings (SSSR count). The number of hydrogen-bond donors (Lipinski definition) is 0. The molecule has 0 fully saturated rings. The topological polar surface area (TPSA) is 63.7 Å². The van der Waals surface area contributed by atoms with Crippen molar-refractivity contribution in [3.63, 3.8) is 0 Å². The molecule has 1 atom stereocenters. The van der Waals surface area contributed by atoms with Crippen LogP contribution in [0.25, 0.3) is 0 Å². The van der Waals surface area contributed by atoms with Crippen LogP contribution in [0.5, 0.6) is 5.75 Å². The van der Waals surface area contributed by atoms with E-state index in [2.05, 4.69) is 0 Å². The Kier molecular flexibility index (Phi) is 5.54. The van der Waals surface area contributed by atoms with Crippen molar-refractivity contribution in [2.45, 2.75) is 17.9 Å². The lowest BCUT2D eigenvalue weighted by Crippen LogP contribution is -2.35. The second kappa shape index (κ2) is 6.39. The van der Waals surface area contributed by atoms with Crippen LogP contribution < -0.4 is 4.74 Å². The Morgan fingerprint density at radius 2 is 1.80 bits per heavy atom. The standard InChI is InChI=1S/C11H12Cl3NO4S/c1-6(11(16)15(2)3)19-9-4-8(13)10(5-7(9)12)20(14,17)18/h4-6H,1-3H3. The first-order valence-corrected chi connectivity index (χ1v) is 8.42. The van der Waals surface area contributed by atoms with Crippen LogP contribution in [0.1, 0.15) is 6.92 Å². The molecular formula is C11H12Cl3NO4S. The first kappa shape index (κ1) is 17.4. The maximum absolute atomic E-state index is 11.7. The minimum Gasteiger partial charge on any atom is -0.479 e. The molecule has 9 heteroatoms. The highest BCUT2D eigenvalue weighted by molar-refractivity contribution is 8.13. The SMILES string of the molecule is CC(Oc1cc(Cl)c(S(=O)(=O)Cl)cc1Cl)C(=O)N(C)C. The van der Waals surface area contributed by atoms with Gasteiger partial charge < -0.3 is 9.64 Å². The fourth-order valence-electron chi connectivity index (χ4n) is 1.39. The van der Waals surface area contributed by atoms with E-state index in [0.717, 1.165) is 6.07 Å². The van der Waals surface area contributed by atoms with Gasteiger partial charge in [-0.05, 0) is 13.0 Å². The molecule has 0 aliphatic carbocycles. The lowest BCUT2D eigenvalue weighted by atomic mass is 10.3.